The molecular formula is C14H16BrN3. The second-order valence-electron chi connectivity index (χ2n) is 4.74. The van der Waals surface area contributed by atoms with Crippen molar-refractivity contribution in [2.45, 2.75) is 18.8 Å². The van der Waals surface area contributed by atoms with Crippen LogP contribution in [0.5, 0.6) is 0 Å². The number of nitrogens with zero attached hydrogens (tertiary/aromatic N) is 2. The fourth-order valence-electron chi connectivity index (χ4n) is 2.42. The van der Waals surface area contributed by atoms with E-state index < -0.39 is 0 Å². The summed E-state index contributed by atoms with van der Waals surface area (Å²) in [6.45, 7) is 2.23. The van der Waals surface area contributed by atoms with Crippen LogP contribution in [0, 0.1) is 0 Å². The van der Waals surface area contributed by atoms with E-state index in [2.05, 4.69) is 44.7 Å². The highest BCUT2D eigenvalue weighted by Crippen LogP contribution is 2.23. The van der Waals surface area contributed by atoms with Crippen LogP contribution in [0.15, 0.2) is 41.1 Å². The first-order chi connectivity index (χ1) is 8.83. The molecule has 1 saturated heterocycles. The van der Waals surface area contributed by atoms with Gasteiger partial charge in [-0.3, -0.25) is 0 Å². The Labute approximate surface area is 115 Å². The molecule has 2 aromatic rings. The Balaban J connectivity index is 1.82. The molecule has 1 unspecified atom stereocenters. The van der Waals surface area contributed by atoms with Crippen molar-refractivity contribution in [3.05, 3.63) is 46.7 Å². The molecule has 1 N–H and O–H groups in total. The van der Waals surface area contributed by atoms with Crippen LogP contribution in [0.1, 0.15) is 24.3 Å². The average Bonchev–Trinajstić information content (AvgIpc) is 2.90. The number of rotatable bonds is 2. The van der Waals surface area contributed by atoms with Crippen LogP contribution in [0.3, 0.4) is 0 Å². The van der Waals surface area contributed by atoms with Gasteiger partial charge in [0.25, 0.3) is 0 Å². The maximum atomic E-state index is 4.46. The summed E-state index contributed by atoms with van der Waals surface area (Å²) < 4.78 is 3.05. The number of aromatic nitrogens is 2. The lowest BCUT2D eigenvalue weighted by atomic mass is 9.94. The maximum absolute atomic E-state index is 4.46. The van der Waals surface area contributed by atoms with Crippen LogP contribution >= 0.6 is 15.9 Å². The smallest absolute Gasteiger partial charge is 0.0646 e. The number of hydrogen-bond donors (Lipinski definition) is 1. The highest BCUT2D eigenvalue weighted by molar-refractivity contribution is 9.10. The predicted octanol–water partition coefficient (Wildman–Crippen LogP) is 3.10. The van der Waals surface area contributed by atoms with Gasteiger partial charge in [0.05, 0.1) is 11.9 Å². The van der Waals surface area contributed by atoms with Crippen molar-refractivity contribution >= 4 is 15.9 Å². The number of hydrogen-bond acceptors (Lipinski definition) is 2. The zero-order valence-electron chi connectivity index (χ0n) is 10.1. The van der Waals surface area contributed by atoms with E-state index >= 15 is 0 Å². The van der Waals surface area contributed by atoms with Crippen LogP contribution < -0.4 is 5.32 Å². The topological polar surface area (TPSA) is 29.9 Å². The molecule has 0 amide bonds. The Bertz CT molecular complexity index is 512. The van der Waals surface area contributed by atoms with Crippen molar-refractivity contribution in [3.8, 4) is 5.69 Å². The summed E-state index contributed by atoms with van der Waals surface area (Å²) in [5.41, 5.74) is 2.44. The van der Waals surface area contributed by atoms with Gasteiger partial charge in [0.15, 0.2) is 0 Å². The summed E-state index contributed by atoms with van der Waals surface area (Å²) in [6, 6.07) is 8.22. The van der Waals surface area contributed by atoms with Gasteiger partial charge in [-0.2, -0.15) is 5.10 Å². The number of benzene rings is 1. The van der Waals surface area contributed by atoms with E-state index in [9.17, 15) is 0 Å². The Kier molecular flexibility index (Phi) is 3.48. The van der Waals surface area contributed by atoms with Crippen LogP contribution in [0.25, 0.3) is 5.69 Å². The van der Waals surface area contributed by atoms with Crippen LogP contribution in [0.2, 0.25) is 0 Å². The van der Waals surface area contributed by atoms with E-state index in [1.165, 1.54) is 18.4 Å². The summed E-state index contributed by atoms with van der Waals surface area (Å²) in [5.74, 6) is 0.614. The standard InChI is InChI=1S/C14H16BrN3/c15-13-3-5-14(6-4-13)18-10-12(9-17-18)11-2-1-7-16-8-11/h3-6,9-11,16H,1-2,7-8H2. The Morgan fingerprint density at radius 1 is 1.28 bits per heavy atom. The molecular weight excluding hydrogens is 290 g/mol. The molecule has 1 aliphatic heterocycles. The Morgan fingerprint density at radius 3 is 2.83 bits per heavy atom. The van der Waals surface area contributed by atoms with Gasteiger partial charge in [0.2, 0.25) is 0 Å². The third kappa shape index (κ3) is 2.49. The van der Waals surface area contributed by atoms with Gasteiger partial charge in [-0.15, -0.1) is 0 Å². The lowest BCUT2D eigenvalue weighted by Gasteiger charge is -2.21. The first-order valence-electron chi connectivity index (χ1n) is 6.34. The van der Waals surface area contributed by atoms with Crippen molar-refractivity contribution in [2.24, 2.45) is 0 Å². The molecule has 1 atom stereocenters. The molecule has 4 heteroatoms. The van der Waals surface area contributed by atoms with Crippen molar-refractivity contribution in [1.29, 1.82) is 0 Å². The number of halogens is 1. The Hall–Kier alpha value is -1.13. The highest BCUT2D eigenvalue weighted by Gasteiger charge is 2.16. The highest BCUT2D eigenvalue weighted by atomic mass is 79.9. The summed E-state index contributed by atoms with van der Waals surface area (Å²) >= 11 is 3.45. The zero-order valence-corrected chi connectivity index (χ0v) is 11.7. The molecule has 0 radical (unpaired) electrons. The van der Waals surface area contributed by atoms with Crippen molar-refractivity contribution < 1.29 is 0 Å². The van der Waals surface area contributed by atoms with E-state index in [0.717, 1.165) is 23.2 Å². The van der Waals surface area contributed by atoms with Crippen molar-refractivity contribution in [2.75, 3.05) is 13.1 Å². The summed E-state index contributed by atoms with van der Waals surface area (Å²) in [7, 11) is 0. The average molecular weight is 306 g/mol. The van der Waals surface area contributed by atoms with Gasteiger partial charge >= 0.3 is 0 Å². The zero-order chi connectivity index (χ0) is 12.4. The largest absolute Gasteiger partial charge is 0.316 e. The van der Waals surface area contributed by atoms with E-state index in [4.69, 9.17) is 0 Å². The number of nitrogens with one attached hydrogen (secondary N) is 1. The SMILES string of the molecule is Brc1ccc(-n2cc(C3CCCNC3)cn2)cc1. The maximum Gasteiger partial charge on any atom is 0.0646 e. The summed E-state index contributed by atoms with van der Waals surface area (Å²) in [5, 5.41) is 7.91. The van der Waals surface area contributed by atoms with Gasteiger partial charge in [-0.05, 0) is 55.1 Å². The van der Waals surface area contributed by atoms with E-state index in [1.807, 2.05) is 23.0 Å². The second kappa shape index (κ2) is 5.24. The minimum atomic E-state index is 0.614. The quantitative estimate of drug-likeness (QED) is 0.924. The molecule has 0 saturated carbocycles. The first kappa shape index (κ1) is 11.9. The molecule has 3 nitrogen and oxygen atoms in total. The first-order valence-corrected chi connectivity index (χ1v) is 7.13. The molecule has 0 aliphatic carbocycles. The van der Waals surface area contributed by atoms with Crippen LogP contribution in [-0.4, -0.2) is 22.9 Å². The minimum Gasteiger partial charge on any atom is -0.316 e. The monoisotopic (exact) mass is 305 g/mol. The van der Waals surface area contributed by atoms with Gasteiger partial charge in [-0.25, -0.2) is 4.68 Å². The van der Waals surface area contributed by atoms with Gasteiger partial charge in [0, 0.05) is 17.2 Å². The van der Waals surface area contributed by atoms with Crippen molar-refractivity contribution in [1.82, 2.24) is 15.1 Å². The molecule has 0 spiro atoms. The molecule has 1 aromatic heterocycles. The van der Waals surface area contributed by atoms with Crippen molar-refractivity contribution in [3.63, 3.8) is 0 Å². The van der Waals surface area contributed by atoms with Gasteiger partial charge < -0.3 is 5.32 Å². The van der Waals surface area contributed by atoms with Gasteiger partial charge in [0.1, 0.15) is 0 Å². The fourth-order valence-corrected chi connectivity index (χ4v) is 2.68. The second-order valence-corrected chi connectivity index (χ2v) is 5.65. The fraction of sp³-hybridized carbons (Fsp3) is 0.357. The lowest BCUT2D eigenvalue weighted by molar-refractivity contribution is 0.461. The predicted molar refractivity (Wildman–Crippen MR) is 76.1 cm³/mol. The molecule has 1 aromatic carbocycles. The lowest BCUT2D eigenvalue weighted by Crippen LogP contribution is -2.28. The third-order valence-electron chi connectivity index (χ3n) is 3.46. The summed E-state index contributed by atoms with van der Waals surface area (Å²) in [4.78, 5) is 0. The third-order valence-corrected chi connectivity index (χ3v) is 3.99. The van der Waals surface area contributed by atoms with E-state index in [1.54, 1.807) is 0 Å². The molecule has 2 heterocycles. The number of piperidine rings is 1. The van der Waals surface area contributed by atoms with E-state index in [-0.39, 0.29) is 0 Å². The molecule has 3 rings (SSSR count). The molecule has 1 aliphatic rings. The van der Waals surface area contributed by atoms with Gasteiger partial charge in [-0.1, -0.05) is 15.9 Å². The molecule has 18 heavy (non-hydrogen) atoms. The molecule has 0 bridgehead atoms. The summed E-state index contributed by atoms with van der Waals surface area (Å²) in [6.07, 6.45) is 6.67. The minimum absolute atomic E-state index is 0.614. The Morgan fingerprint density at radius 2 is 2.11 bits per heavy atom. The van der Waals surface area contributed by atoms with E-state index in [0.29, 0.717) is 5.92 Å². The normalized spacial score (nSPS) is 19.9. The van der Waals surface area contributed by atoms with Crippen LogP contribution in [-0.2, 0) is 0 Å². The molecule has 1 fully saturated rings. The molecule has 94 valence electrons. The van der Waals surface area contributed by atoms with Crippen LogP contribution in [0.4, 0.5) is 0 Å².